The predicted octanol–water partition coefficient (Wildman–Crippen LogP) is 5.23. The van der Waals surface area contributed by atoms with Crippen LogP contribution >= 0.6 is 31.9 Å². The number of nitrogens with one attached hydrogen (secondary N) is 1. The number of nitrogens with zero attached hydrogens (tertiary/aromatic N) is 2. The van der Waals surface area contributed by atoms with E-state index >= 15 is 0 Å². The maximum atomic E-state index is 9.97. The Kier molecular flexibility index (Phi) is 5.94. The van der Waals surface area contributed by atoms with Gasteiger partial charge in [-0.3, -0.25) is 5.10 Å². The van der Waals surface area contributed by atoms with E-state index in [1.165, 1.54) is 0 Å². The number of methoxy groups -OCH3 is 1. The first-order chi connectivity index (χ1) is 15.0. The highest BCUT2D eigenvalue weighted by molar-refractivity contribution is 9.13. The molecule has 0 spiro atoms. The third-order valence-corrected chi connectivity index (χ3v) is 7.12. The van der Waals surface area contributed by atoms with E-state index < -0.39 is 5.92 Å². The number of allylic oxidation sites excluding steroid dienone is 1. The molecule has 0 fully saturated rings. The van der Waals surface area contributed by atoms with Crippen molar-refractivity contribution >= 4 is 31.9 Å². The Morgan fingerprint density at radius 2 is 2.00 bits per heavy atom. The van der Waals surface area contributed by atoms with E-state index in [4.69, 9.17) is 19.9 Å². The number of benzene rings is 2. The molecule has 0 saturated heterocycles. The van der Waals surface area contributed by atoms with Gasteiger partial charge in [0.1, 0.15) is 11.6 Å². The van der Waals surface area contributed by atoms with Crippen molar-refractivity contribution in [2.24, 2.45) is 5.73 Å². The highest BCUT2D eigenvalue weighted by atomic mass is 79.9. The minimum atomic E-state index is -0.543. The number of aromatic amines is 1. The highest BCUT2D eigenvalue weighted by Crippen LogP contribution is 2.51. The van der Waals surface area contributed by atoms with Crippen molar-refractivity contribution in [1.82, 2.24) is 10.2 Å². The summed E-state index contributed by atoms with van der Waals surface area (Å²) >= 11 is 7.26. The lowest BCUT2D eigenvalue weighted by atomic mass is 9.83. The van der Waals surface area contributed by atoms with Gasteiger partial charge in [0.25, 0.3) is 0 Å². The molecule has 1 aliphatic rings. The minimum Gasteiger partial charge on any atom is -0.492 e. The largest absolute Gasteiger partial charge is 0.492 e. The van der Waals surface area contributed by atoms with Crippen LogP contribution < -0.4 is 19.9 Å². The quantitative estimate of drug-likeness (QED) is 0.455. The third-order valence-electron chi connectivity index (χ3n) is 4.97. The maximum Gasteiger partial charge on any atom is 0.244 e. The molecule has 4 rings (SSSR count). The van der Waals surface area contributed by atoms with Crippen molar-refractivity contribution in [3.63, 3.8) is 0 Å². The Morgan fingerprint density at radius 3 is 2.65 bits per heavy atom. The van der Waals surface area contributed by atoms with Gasteiger partial charge in [0.05, 0.1) is 35.4 Å². The zero-order valence-electron chi connectivity index (χ0n) is 16.7. The number of ether oxygens (including phenoxy) is 3. The number of nitrogens with two attached hydrogens (primary N) is 1. The lowest BCUT2D eigenvalue weighted by Gasteiger charge is -2.26. The molecule has 3 N–H and O–H groups in total. The van der Waals surface area contributed by atoms with Crippen molar-refractivity contribution in [1.29, 1.82) is 5.26 Å². The van der Waals surface area contributed by atoms with Gasteiger partial charge in [0, 0.05) is 4.47 Å². The van der Waals surface area contributed by atoms with E-state index in [0.717, 1.165) is 22.4 Å². The van der Waals surface area contributed by atoms with E-state index in [1.807, 2.05) is 43.3 Å². The van der Waals surface area contributed by atoms with Crippen LogP contribution in [0.1, 0.15) is 24.0 Å². The molecule has 0 aliphatic carbocycles. The van der Waals surface area contributed by atoms with Crippen molar-refractivity contribution in [2.75, 3.05) is 13.7 Å². The third kappa shape index (κ3) is 3.56. The van der Waals surface area contributed by atoms with Gasteiger partial charge in [-0.25, -0.2) is 0 Å². The molecule has 31 heavy (non-hydrogen) atoms. The first kappa shape index (κ1) is 21.3. The molecule has 1 aliphatic heterocycles. The molecule has 3 aromatic rings. The number of aromatic nitrogens is 2. The molecule has 0 bridgehead atoms. The summed E-state index contributed by atoms with van der Waals surface area (Å²) in [5.41, 5.74) is 9.55. The number of hydrogen-bond acceptors (Lipinski definition) is 6. The average molecular weight is 546 g/mol. The van der Waals surface area contributed by atoms with Gasteiger partial charge in [-0.15, -0.1) is 5.10 Å². The standard InChI is InChI=1S/C22H18Br2N4O3/c1-3-30-14-9-12(17(23)18(24)20(14)29-2)15-13(10-25)21(26)31-22-16(15)19(27-28-22)11-7-5-4-6-8-11/h4-9,15H,3,26H2,1-2H3,(H,27,28)/t15-/m1/s1. The summed E-state index contributed by atoms with van der Waals surface area (Å²) in [5, 5.41) is 17.3. The molecule has 1 aromatic heterocycles. The lowest BCUT2D eigenvalue weighted by molar-refractivity contribution is 0.309. The summed E-state index contributed by atoms with van der Waals surface area (Å²) in [6, 6.07) is 13.8. The van der Waals surface area contributed by atoms with Crippen LogP contribution in [0.2, 0.25) is 0 Å². The van der Waals surface area contributed by atoms with Crippen molar-refractivity contribution in [3.05, 3.63) is 67.9 Å². The Morgan fingerprint density at radius 1 is 1.26 bits per heavy atom. The second-order valence-electron chi connectivity index (χ2n) is 6.67. The van der Waals surface area contributed by atoms with E-state index in [9.17, 15) is 5.26 Å². The summed E-state index contributed by atoms with van der Waals surface area (Å²) in [7, 11) is 1.57. The summed E-state index contributed by atoms with van der Waals surface area (Å²) in [5.74, 6) is 0.901. The first-order valence-electron chi connectivity index (χ1n) is 9.41. The number of H-pyrrole nitrogens is 1. The van der Waals surface area contributed by atoms with Crippen molar-refractivity contribution in [2.45, 2.75) is 12.8 Å². The molecule has 2 heterocycles. The zero-order valence-corrected chi connectivity index (χ0v) is 19.9. The molecule has 158 valence electrons. The van der Waals surface area contributed by atoms with Crippen LogP contribution in [0.4, 0.5) is 0 Å². The Bertz CT molecular complexity index is 1220. The Balaban J connectivity index is 2.01. The molecular weight excluding hydrogens is 528 g/mol. The van der Waals surface area contributed by atoms with Gasteiger partial charge in [0.15, 0.2) is 11.5 Å². The fourth-order valence-corrected chi connectivity index (χ4v) is 4.76. The van der Waals surface area contributed by atoms with Crippen LogP contribution in [-0.4, -0.2) is 23.9 Å². The number of nitriles is 1. The smallest absolute Gasteiger partial charge is 0.244 e. The number of halogens is 2. The van der Waals surface area contributed by atoms with Crippen LogP contribution in [0.3, 0.4) is 0 Å². The molecule has 0 amide bonds. The molecule has 0 radical (unpaired) electrons. The highest BCUT2D eigenvalue weighted by Gasteiger charge is 2.38. The minimum absolute atomic E-state index is 0.0166. The van der Waals surface area contributed by atoms with Gasteiger partial charge >= 0.3 is 0 Å². The predicted molar refractivity (Wildman–Crippen MR) is 123 cm³/mol. The summed E-state index contributed by atoms with van der Waals surface area (Å²) < 4.78 is 18.4. The van der Waals surface area contributed by atoms with Crippen LogP contribution in [0.15, 0.2) is 56.8 Å². The lowest BCUT2D eigenvalue weighted by Crippen LogP contribution is -2.21. The molecule has 0 unspecified atom stereocenters. The number of fused-ring (bicyclic) bond motifs is 1. The second kappa shape index (κ2) is 8.65. The summed E-state index contributed by atoms with van der Waals surface area (Å²) in [6.45, 7) is 2.34. The molecule has 9 heteroatoms. The second-order valence-corrected chi connectivity index (χ2v) is 8.25. The summed E-state index contributed by atoms with van der Waals surface area (Å²) in [4.78, 5) is 0. The molecular formula is C22H18Br2N4O3. The summed E-state index contributed by atoms with van der Waals surface area (Å²) in [6.07, 6.45) is 0. The molecule has 7 nitrogen and oxygen atoms in total. The van der Waals surface area contributed by atoms with E-state index in [2.05, 4.69) is 48.1 Å². The maximum absolute atomic E-state index is 9.97. The fourth-order valence-electron chi connectivity index (χ4n) is 3.65. The SMILES string of the molecule is CCOc1cc([C@@H]2C(C#N)=C(N)Oc3n[nH]c(-c4ccccc4)c32)c(Br)c(Br)c1OC. The zero-order chi connectivity index (χ0) is 22.1. The van der Waals surface area contributed by atoms with Gasteiger partial charge in [-0.1, -0.05) is 30.3 Å². The van der Waals surface area contributed by atoms with Crippen molar-refractivity contribution in [3.8, 4) is 34.7 Å². The van der Waals surface area contributed by atoms with Crippen LogP contribution in [0.25, 0.3) is 11.3 Å². The number of rotatable bonds is 5. The molecule has 1 atom stereocenters. The van der Waals surface area contributed by atoms with Crippen LogP contribution in [-0.2, 0) is 0 Å². The Hall–Kier alpha value is -2.96. The van der Waals surface area contributed by atoms with Crippen LogP contribution in [0, 0.1) is 11.3 Å². The van der Waals surface area contributed by atoms with Crippen molar-refractivity contribution < 1.29 is 14.2 Å². The molecule has 2 aromatic carbocycles. The normalized spacial score (nSPS) is 15.1. The fraction of sp³-hybridized carbons (Fsp3) is 0.182. The monoisotopic (exact) mass is 544 g/mol. The van der Waals surface area contributed by atoms with E-state index in [-0.39, 0.29) is 11.5 Å². The van der Waals surface area contributed by atoms with Crippen LogP contribution in [0.5, 0.6) is 17.4 Å². The number of hydrogen-bond donors (Lipinski definition) is 2. The first-order valence-corrected chi connectivity index (χ1v) is 11.0. The topological polar surface area (TPSA) is 106 Å². The van der Waals surface area contributed by atoms with Gasteiger partial charge in [-0.05, 0) is 56.0 Å². The Labute approximate surface area is 196 Å². The van der Waals surface area contributed by atoms with Gasteiger partial charge in [-0.2, -0.15) is 5.26 Å². The average Bonchev–Trinajstić information content (AvgIpc) is 3.19. The molecule has 0 saturated carbocycles. The van der Waals surface area contributed by atoms with E-state index in [0.29, 0.717) is 32.9 Å². The van der Waals surface area contributed by atoms with E-state index in [1.54, 1.807) is 7.11 Å². The van der Waals surface area contributed by atoms with Gasteiger partial charge < -0.3 is 19.9 Å². The van der Waals surface area contributed by atoms with Gasteiger partial charge in [0.2, 0.25) is 11.8 Å².